The van der Waals surface area contributed by atoms with Crippen molar-refractivity contribution in [2.24, 2.45) is 0 Å². The summed E-state index contributed by atoms with van der Waals surface area (Å²) in [5, 5.41) is 5.03. The second-order valence-corrected chi connectivity index (χ2v) is 6.27. The van der Waals surface area contributed by atoms with E-state index in [1.165, 1.54) is 4.88 Å². The molecule has 1 unspecified atom stereocenters. The van der Waals surface area contributed by atoms with Crippen molar-refractivity contribution in [3.63, 3.8) is 0 Å². The molecule has 4 nitrogen and oxygen atoms in total. The molecule has 21 heavy (non-hydrogen) atoms. The molecule has 0 bridgehead atoms. The maximum atomic E-state index is 12.3. The number of thiophene rings is 1. The molecular formula is C16H21N3OS. The SMILES string of the molecule is Cc1ccc(N)c(C(=O)NCC(c2cccs2)N(C)C)c1. The minimum Gasteiger partial charge on any atom is -0.398 e. The Kier molecular flexibility index (Phi) is 4.98. The van der Waals surface area contributed by atoms with Crippen LogP contribution in [-0.2, 0) is 0 Å². The number of nitrogen functional groups attached to an aromatic ring is 1. The molecule has 112 valence electrons. The number of aryl methyl sites for hydroxylation is 1. The Hall–Kier alpha value is -1.85. The zero-order chi connectivity index (χ0) is 15.4. The monoisotopic (exact) mass is 303 g/mol. The van der Waals surface area contributed by atoms with Crippen molar-refractivity contribution in [3.8, 4) is 0 Å². The Labute approximate surface area is 129 Å². The van der Waals surface area contributed by atoms with Crippen LogP contribution >= 0.6 is 11.3 Å². The summed E-state index contributed by atoms with van der Waals surface area (Å²) >= 11 is 1.69. The average Bonchev–Trinajstić information content (AvgIpc) is 2.95. The molecule has 1 heterocycles. The number of nitrogens with zero attached hydrogens (tertiary/aromatic N) is 1. The number of carbonyl (C=O) groups excluding carboxylic acids is 1. The second kappa shape index (κ2) is 6.74. The molecule has 0 saturated carbocycles. The molecule has 0 fully saturated rings. The molecule has 0 aliphatic carbocycles. The topological polar surface area (TPSA) is 58.4 Å². The summed E-state index contributed by atoms with van der Waals surface area (Å²) in [6.45, 7) is 2.50. The highest BCUT2D eigenvalue weighted by molar-refractivity contribution is 7.10. The fourth-order valence-corrected chi connectivity index (χ4v) is 3.09. The van der Waals surface area contributed by atoms with E-state index in [1.807, 2.05) is 44.6 Å². The van der Waals surface area contributed by atoms with Crippen LogP contribution in [0.4, 0.5) is 5.69 Å². The predicted octanol–water partition coefficient (Wildman–Crippen LogP) is 2.67. The Balaban J connectivity index is 2.07. The van der Waals surface area contributed by atoms with Gasteiger partial charge in [0, 0.05) is 17.1 Å². The van der Waals surface area contributed by atoms with Crippen LogP contribution in [0.1, 0.15) is 26.8 Å². The van der Waals surface area contributed by atoms with Gasteiger partial charge in [-0.05, 0) is 44.6 Å². The van der Waals surface area contributed by atoms with Crippen molar-refractivity contribution in [1.29, 1.82) is 0 Å². The highest BCUT2D eigenvalue weighted by atomic mass is 32.1. The third kappa shape index (κ3) is 3.83. The van der Waals surface area contributed by atoms with Crippen molar-refractivity contribution in [2.75, 3.05) is 26.4 Å². The minimum absolute atomic E-state index is 0.125. The number of anilines is 1. The van der Waals surface area contributed by atoms with Gasteiger partial charge in [0.25, 0.3) is 5.91 Å². The number of nitrogens with two attached hydrogens (primary N) is 1. The lowest BCUT2D eigenvalue weighted by atomic mass is 10.1. The fraction of sp³-hybridized carbons (Fsp3) is 0.312. The molecule has 0 radical (unpaired) electrons. The lowest BCUT2D eigenvalue weighted by Gasteiger charge is -2.23. The highest BCUT2D eigenvalue weighted by Gasteiger charge is 2.17. The molecule has 2 aromatic rings. The fourth-order valence-electron chi connectivity index (χ4n) is 2.17. The van der Waals surface area contributed by atoms with Gasteiger partial charge in [-0.3, -0.25) is 4.79 Å². The van der Waals surface area contributed by atoms with Gasteiger partial charge in [-0.25, -0.2) is 0 Å². The smallest absolute Gasteiger partial charge is 0.253 e. The van der Waals surface area contributed by atoms with Gasteiger partial charge in [0.2, 0.25) is 0 Å². The van der Waals surface area contributed by atoms with Crippen molar-refractivity contribution >= 4 is 22.9 Å². The first-order valence-corrected chi connectivity index (χ1v) is 7.71. The van der Waals surface area contributed by atoms with Crippen LogP contribution in [0.25, 0.3) is 0 Å². The van der Waals surface area contributed by atoms with Gasteiger partial charge in [0.1, 0.15) is 0 Å². The molecule has 0 aliphatic rings. The van der Waals surface area contributed by atoms with Crippen LogP contribution in [0.15, 0.2) is 35.7 Å². The van der Waals surface area contributed by atoms with Gasteiger partial charge in [-0.15, -0.1) is 11.3 Å². The minimum atomic E-state index is -0.125. The van der Waals surface area contributed by atoms with Gasteiger partial charge in [-0.1, -0.05) is 17.7 Å². The lowest BCUT2D eigenvalue weighted by Crippen LogP contribution is -2.34. The molecule has 3 N–H and O–H groups in total. The first kappa shape index (κ1) is 15.5. The van der Waals surface area contributed by atoms with E-state index in [-0.39, 0.29) is 11.9 Å². The van der Waals surface area contributed by atoms with Crippen LogP contribution in [-0.4, -0.2) is 31.4 Å². The van der Waals surface area contributed by atoms with Gasteiger partial charge in [0.05, 0.1) is 11.6 Å². The maximum Gasteiger partial charge on any atom is 0.253 e. The molecule has 1 aromatic heterocycles. The van der Waals surface area contributed by atoms with Gasteiger partial charge in [0.15, 0.2) is 0 Å². The molecular weight excluding hydrogens is 282 g/mol. The Morgan fingerprint density at radius 2 is 2.14 bits per heavy atom. The predicted molar refractivity (Wildman–Crippen MR) is 88.7 cm³/mol. The standard InChI is InChI=1S/C16H21N3OS/c1-11-6-7-13(17)12(9-11)16(20)18-10-14(19(2)3)15-5-4-8-21-15/h4-9,14H,10,17H2,1-3H3,(H,18,20). The van der Waals surface area contributed by atoms with E-state index in [0.29, 0.717) is 17.8 Å². The Morgan fingerprint density at radius 3 is 2.76 bits per heavy atom. The highest BCUT2D eigenvalue weighted by Crippen LogP contribution is 2.22. The summed E-state index contributed by atoms with van der Waals surface area (Å²) < 4.78 is 0. The van der Waals surface area contributed by atoms with Crippen molar-refractivity contribution in [3.05, 3.63) is 51.7 Å². The molecule has 5 heteroatoms. The zero-order valence-electron chi connectivity index (χ0n) is 12.6. The van der Waals surface area contributed by atoms with Crippen molar-refractivity contribution < 1.29 is 4.79 Å². The van der Waals surface area contributed by atoms with Crippen LogP contribution in [0.2, 0.25) is 0 Å². The van der Waals surface area contributed by atoms with E-state index in [4.69, 9.17) is 5.73 Å². The summed E-state index contributed by atoms with van der Waals surface area (Å²) in [6, 6.07) is 9.77. The molecule has 0 saturated heterocycles. The number of rotatable bonds is 5. The number of carbonyl (C=O) groups is 1. The van der Waals surface area contributed by atoms with Gasteiger partial charge in [-0.2, -0.15) is 0 Å². The van der Waals surface area contributed by atoms with Crippen LogP contribution in [0.5, 0.6) is 0 Å². The summed E-state index contributed by atoms with van der Waals surface area (Å²) in [5.74, 6) is -0.125. The van der Waals surface area contributed by atoms with E-state index in [1.54, 1.807) is 17.4 Å². The first-order chi connectivity index (χ1) is 9.99. The quantitative estimate of drug-likeness (QED) is 0.835. The number of nitrogens with one attached hydrogen (secondary N) is 1. The number of benzene rings is 1. The second-order valence-electron chi connectivity index (χ2n) is 5.30. The molecule has 0 aliphatic heterocycles. The Morgan fingerprint density at radius 1 is 1.38 bits per heavy atom. The summed E-state index contributed by atoms with van der Waals surface area (Å²) in [7, 11) is 4.02. The zero-order valence-corrected chi connectivity index (χ0v) is 13.4. The molecule has 0 spiro atoms. The first-order valence-electron chi connectivity index (χ1n) is 6.83. The Bertz CT molecular complexity index is 608. The van der Waals surface area contributed by atoms with E-state index >= 15 is 0 Å². The largest absolute Gasteiger partial charge is 0.398 e. The van der Waals surface area contributed by atoms with E-state index in [2.05, 4.69) is 16.3 Å². The number of likely N-dealkylation sites (N-methyl/N-ethyl adjacent to an activating group) is 1. The van der Waals surface area contributed by atoms with Gasteiger partial charge >= 0.3 is 0 Å². The molecule has 1 amide bonds. The van der Waals surface area contributed by atoms with E-state index < -0.39 is 0 Å². The average molecular weight is 303 g/mol. The van der Waals surface area contributed by atoms with Gasteiger partial charge < -0.3 is 16.0 Å². The molecule has 1 atom stereocenters. The molecule has 2 rings (SSSR count). The van der Waals surface area contributed by atoms with E-state index in [0.717, 1.165) is 5.56 Å². The van der Waals surface area contributed by atoms with Crippen LogP contribution in [0.3, 0.4) is 0 Å². The molecule has 1 aromatic carbocycles. The normalized spacial score (nSPS) is 12.4. The summed E-state index contributed by atoms with van der Waals surface area (Å²) in [5.41, 5.74) is 7.96. The van der Waals surface area contributed by atoms with Crippen molar-refractivity contribution in [1.82, 2.24) is 10.2 Å². The summed E-state index contributed by atoms with van der Waals surface area (Å²) in [4.78, 5) is 15.6. The van der Waals surface area contributed by atoms with E-state index in [9.17, 15) is 4.79 Å². The maximum absolute atomic E-state index is 12.3. The third-order valence-electron chi connectivity index (χ3n) is 3.40. The van der Waals surface area contributed by atoms with Crippen LogP contribution in [0, 0.1) is 6.92 Å². The third-order valence-corrected chi connectivity index (χ3v) is 4.38. The van der Waals surface area contributed by atoms with Crippen LogP contribution < -0.4 is 11.1 Å². The number of amides is 1. The lowest BCUT2D eigenvalue weighted by molar-refractivity contribution is 0.0943. The number of hydrogen-bond acceptors (Lipinski definition) is 4. The van der Waals surface area contributed by atoms with Crippen molar-refractivity contribution in [2.45, 2.75) is 13.0 Å². The summed E-state index contributed by atoms with van der Waals surface area (Å²) in [6.07, 6.45) is 0. The number of hydrogen-bond donors (Lipinski definition) is 2.